The van der Waals surface area contributed by atoms with E-state index in [9.17, 15) is 4.79 Å². The minimum atomic E-state index is -0.247. The molecule has 0 unspecified atom stereocenters. The van der Waals surface area contributed by atoms with Crippen molar-refractivity contribution < 1.29 is 0 Å². The summed E-state index contributed by atoms with van der Waals surface area (Å²) in [7, 11) is 2.14. The molecule has 1 saturated heterocycles. The van der Waals surface area contributed by atoms with Crippen LogP contribution in [-0.2, 0) is 0 Å². The molecular formula is C22H29N7O. The fraction of sp³-hybridized carbons (Fsp3) is 0.545. The molecule has 3 aromatic rings. The molecule has 0 amide bonds. The summed E-state index contributed by atoms with van der Waals surface area (Å²) in [6.45, 7) is 5.76. The van der Waals surface area contributed by atoms with E-state index in [0.717, 1.165) is 61.3 Å². The van der Waals surface area contributed by atoms with E-state index in [1.165, 1.54) is 18.4 Å². The lowest BCUT2D eigenvalue weighted by Crippen LogP contribution is -2.47. The molecule has 0 radical (unpaired) electrons. The third kappa shape index (κ3) is 3.54. The molecule has 1 saturated carbocycles. The molecule has 8 heteroatoms. The number of H-pyrrole nitrogens is 1. The van der Waals surface area contributed by atoms with Crippen LogP contribution in [0, 0.1) is 6.92 Å². The van der Waals surface area contributed by atoms with E-state index in [2.05, 4.69) is 50.3 Å². The number of tetrazole rings is 1. The first-order chi connectivity index (χ1) is 14.6. The van der Waals surface area contributed by atoms with Crippen LogP contribution >= 0.6 is 0 Å². The number of aromatic nitrogens is 5. The molecule has 5 rings (SSSR count). The summed E-state index contributed by atoms with van der Waals surface area (Å²) in [5.41, 5.74) is 2.71. The lowest BCUT2D eigenvalue weighted by molar-refractivity contribution is 0.120. The molecule has 1 aliphatic carbocycles. The van der Waals surface area contributed by atoms with Gasteiger partial charge in [-0.3, -0.25) is 9.69 Å². The zero-order valence-electron chi connectivity index (χ0n) is 17.7. The number of piperazine rings is 1. The number of hydrogen-bond acceptors (Lipinski definition) is 6. The molecule has 2 aromatic heterocycles. The Hall–Kier alpha value is -2.58. The summed E-state index contributed by atoms with van der Waals surface area (Å²) >= 11 is 0. The molecule has 1 aliphatic heterocycles. The molecule has 30 heavy (non-hydrogen) atoms. The van der Waals surface area contributed by atoms with Crippen LogP contribution in [0.1, 0.15) is 54.7 Å². The third-order valence-electron chi connectivity index (χ3n) is 6.66. The molecule has 3 heterocycles. The predicted molar refractivity (Wildman–Crippen MR) is 116 cm³/mol. The van der Waals surface area contributed by atoms with Crippen molar-refractivity contribution in [1.29, 1.82) is 0 Å². The number of benzene rings is 1. The monoisotopic (exact) mass is 407 g/mol. The topological polar surface area (TPSA) is 82.9 Å². The highest BCUT2D eigenvalue weighted by Gasteiger charge is 2.34. The summed E-state index contributed by atoms with van der Waals surface area (Å²) in [5.74, 6) is 0.795. The van der Waals surface area contributed by atoms with Crippen molar-refractivity contribution in [2.75, 3.05) is 33.2 Å². The van der Waals surface area contributed by atoms with Gasteiger partial charge in [0.1, 0.15) is 6.04 Å². The summed E-state index contributed by atoms with van der Waals surface area (Å²) in [6.07, 6.45) is 4.61. The van der Waals surface area contributed by atoms with Crippen molar-refractivity contribution >= 4 is 10.9 Å². The van der Waals surface area contributed by atoms with E-state index in [4.69, 9.17) is 0 Å². The molecule has 8 nitrogen and oxygen atoms in total. The zero-order chi connectivity index (χ0) is 20.7. The van der Waals surface area contributed by atoms with E-state index in [-0.39, 0.29) is 11.6 Å². The lowest BCUT2D eigenvalue weighted by atomic mass is 10.0. The van der Waals surface area contributed by atoms with Crippen molar-refractivity contribution in [3.63, 3.8) is 0 Å². The molecule has 0 bridgehead atoms. The molecule has 1 N–H and O–H groups in total. The van der Waals surface area contributed by atoms with Crippen molar-refractivity contribution in [2.45, 2.75) is 44.7 Å². The van der Waals surface area contributed by atoms with E-state index < -0.39 is 0 Å². The predicted octanol–water partition coefficient (Wildman–Crippen LogP) is 2.27. The summed E-state index contributed by atoms with van der Waals surface area (Å²) in [5, 5.41) is 13.9. The van der Waals surface area contributed by atoms with Gasteiger partial charge in [-0.05, 0) is 60.8 Å². The third-order valence-corrected chi connectivity index (χ3v) is 6.66. The first-order valence-corrected chi connectivity index (χ1v) is 10.9. The Kier molecular flexibility index (Phi) is 5.12. The van der Waals surface area contributed by atoms with Gasteiger partial charge in [0, 0.05) is 37.3 Å². The van der Waals surface area contributed by atoms with Crippen LogP contribution in [0.3, 0.4) is 0 Å². The number of likely N-dealkylation sites (N-methyl/N-ethyl adjacent to an activating group) is 1. The van der Waals surface area contributed by atoms with Gasteiger partial charge < -0.3 is 9.88 Å². The van der Waals surface area contributed by atoms with Gasteiger partial charge in [-0.25, -0.2) is 4.68 Å². The molecular weight excluding hydrogens is 378 g/mol. The van der Waals surface area contributed by atoms with Gasteiger partial charge in [0.2, 0.25) is 0 Å². The fourth-order valence-corrected chi connectivity index (χ4v) is 4.91. The van der Waals surface area contributed by atoms with Crippen molar-refractivity contribution in [3.8, 4) is 0 Å². The lowest BCUT2D eigenvalue weighted by Gasteiger charge is -2.37. The molecule has 0 spiro atoms. The highest BCUT2D eigenvalue weighted by Crippen LogP contribution is 2.34. The van der Waals surface area contributed by atoms with Crippen molar-refractivity contribution in [1.82, 2.24) is 35.0 Å². The number of rotatable bonds is 4. The minimum Gasteiger partial charge on any atom is -0.322 e. The number of pyridine rings is 1. The van der Waals surface area contributed by atoms with Gasteiger partial charge in [-0.1, -0.05) is 24.5 Å². The fourth-order valence-electron chi connectivity index (χ4n) is 4.91. The van der Waals surface area contributed by atoms with Crippen LogP contribution < -0.4 is 5.56 Å². The van der Waals surface area contributed by atoms with Crippen LogP contribution in [0.15, 0.2) is 29.1 Å². The highest BCUT2D eigenvalue weighted by atomic mass is 16.1. The zero-order valence-corrected chi connectivity index (χ0v) is 17.7. The van der Waals surface area contributed by atoms with Gasteiger partial charge in [0.25, 0.3) is 5.56 Å². The summed E-state index contributed by atoms with van der Waals surface area (Å²) < 4.78 is 2.00. The average molecular weight is 408 g/mol. The molecule has 1 atom stereocenters. The smallest absolute Gasteiger partial charge is 0.253 e. The van der Waals surface area contributed by atoms with Gasteiger partial charge >= 0.3 is 0 Å². The second-order valence-corrected chi connectivity index (χ2v) is 8.81. The number of aromatic amines is 1. The average Bonchev–Trinajstić information content (AvgIpc) is 3.42. The van der Waals surface area contributed by atoms with Crippen LogP contribution in [0.25, 0.3) is 10.9 Å². The van der Waals surface area contributed by atoms with E-state index >= 15 is 0 Å². The first-order valence-electron chi connectivity index (χ1n) is 10.9. The Bertz CT molecular complexity index is 1090. The van der Waals surface area contributed by atoms with Crippen LogP contribution in [-0.4, -0.2) is 68.2 Å². The summed E-state index contributed by atoms with van der Waals surface area (Å²) in [6, 6.07) is 8.24. The second-order valence-electron chi connectivity index (χ2n) is 8.81. The normalized spacial score (nSPS) is 20.2. The Morgan fingerprint density at radius 3 is 2.63 bits per heavy atom. The maximum atomic E-state index is 13.2. The number of nitrogens with zero attached hydrogens (tertiary/aromatic N) is 6. The van der Waals surface area contributed by atoms with Crippen molar-refractivity contribution in [2.24, 2.45) is 0 Å². The van der Waals surface area contributed by atoms with E-state index in [1.807, 2.05) is 22.9 Å². The van der Waals surface area contributed by atoms with Gasteiger partial charge in [-0.15, -0.1) is 5.10 Å². The summed E-state index contributed by atoms with van der Waals surface area (Å²) in [4.78, 5) is 21.0. The SMILES string of the molecule is Cc1ccc2[nH]c(=O)c([C@@H](c3nnnn3C3CCCC3)N3CCN(C)CC3)cc2c1. The Morgan fingerprint density at radius 1 is 1.10 bits per heavy atom. The van der Waals surface area contributed by atoms with E-state index in [0.29, 0.717) is 6.04 Å². The van der Waals surface area contributed by atoms with Gasteiger partial charge in [0.15, 0.2) is 5.82 Å². The van der Waals surface area contributed by atoms with E-state index in [1.54, 1.807) is 0 Å². The van der Waals surface area contributed by atoms with Gasteiger partial charge in [-0.2, -0.15) is 0 Å². The Labute approximate surface area is 175 Å². The Balaban J connectivity index is 1.64. The van der Waals surface area contributed by atoms with Crippen LogP contribution in [0.5, 0.6) is 0 Å². The standard InChI is InChI=1S/C22H29N7O/c1-15-7-8-19-16(13-15)14-18(22(30)23-19)20(28-11-9-27(2)10-12-28)21-24-25-26-29(21)17-5-3-4-6-17/h7-8,13-14,17,20H,3-6,9-12H2,1-2H3,(H,23,30)/t20-/m0/s1. The minimum absolute atomic E-state index is 0.0590. The largest absolute Gasteiger partial charge is 0.322 e. The van der Waals surface area contributed by atoms with Crippen LogP contribution in [0.4, 0.5) is 0 Å². The quantitative estimate of drug-likeness (QED) is 0.714. The molecule has 2 aliphatic rings. The van der Waals surface area contributed by atoms with Crippen LogP contribution in [0.2, 0.25) is 0 Å². The molecule has 158 valence electrons. The highest BCUT2D eigenvalue weighted by molar-refractivity contribution is 5.79. The molecule has 2 fully saturated rings. The molecule has 1 aromatic carbocycles. The number of hydrogen-bond donors (Lipinski definition) is 1. The number of nitrogens with one attached hydrogen (secondary N) is 1. The first kappa shape index (κ1) is 19.4. The Morgan fingerprint density at radius 2 is 1.87 bits per heavy atom. The maximum Gasteiger partial charge on any atom is 0.253 e. The number of aryl methyl sites for hydroxylation is 1. The second kappa shape index (κ2) is 7.92. The van der Waals surface area contributed by atoms with Crippen molar-refractivity contribution in [3.05, 3.63) is 51.6 Å². The van der Waals surface area contributed by atoms with Gasteiger partial charge in [0.05, 0.1) is 6.04 Å². The number of fused-ring (bicyclic) bond motifs is 1. The maximum absolute atomic E-state index is 13.2.